The highest BCUT2D eigenvalue weighted by molar-refractivity contribution is 14.1. The molecule has 0 aromatic heterocycles. The molecule has 5 heteroatoms. The minimum absolute atomic E-state index is 0.0328. The van der Waals surface area contributed by atoms with Crippen molar-refractivity contribution in [1.29, 1.82) is 0 Å². The molecule has 98 valence electrons. The van der Waals surface area contributed by atoms with E-state index < -0.39 is 0 Å². The van der Waals surface area contributed by atoms with Gasteiger partial charge in [0.15, 0.2) is 6.61 Å². The summed E-state index contributed by atoms with van der Waals surface area (Å²) in [6.07, 6.45) is 0. The zero-order valence-electron chi connectivity index (χ0n) is 10.1. The van der Waals surface area contributed by atoms with Crippen LogP contribution in [-0.2, 0) is 4.79 Å². The molecule has 0 saturated heterocycles. The van der Waals surface area contributed by atoms with Crippen molar-refractivity contribution in [2.45, 2.75) is 0 Å². The molecule has 0 unspecified atom stereocenters. The zero-order chi connectivity index (χ0) is 13.7. The van der Waals surface area contributed by atoms with Gasteiger partial charge in [-0.05, 0) is 59.0 Å². The molecule has 0 aliphatic carbocycles. The molecule has 0 radical (unpaired) electrons. The maximum Gasteiger partial charge on any atom is 0.262 e. The second kappa shape index (κ2) is 6.42. The normalized spacial score (nSPS) is 9.95. The van der Waals surface area contributed by atoms with Gasteiger partial charge in [0.25, 0.3) is 5.91 Å². The maximum atomic E-state index is 11.7. The summed E-state index contributed by atoms with van der Waals surface area (Å²) in [5.74, 6) is 0.457. The fourth-order valence-corrected chi connectivity index (χ4v) is 2.03. The van der Waals surface area contributed by atoms with Crippen LogP contribution in [0.3, 0.4) is 0 Å². The summed E-state index contributed by atoms with van der Waals surface area (Å²) in [6.45, 7) is -0.0328. The van der Waals surface area contributed by atoms with Gasteiger partial charge < -0.3 is 15.8 Å². The van der Waals surface area contributed by atoms with Gasteiger partial charge in [0.2, 0.25) is 0 Å². The summed E-state index contributed by atoms with van der Waals surface area (Å²) < 4.78 is 6.46. The highest BCUT2D eigenvalue weighted by Crippen LogP contribution is 2.15. The van der Waals surface area contributed by atoms with Crippen LogP contribution in [0.5, 0.6) is 5.75 Å². The lowest BCUT2D eigenvalue weighted by atomic mass is 10.3. The first-order valence-electron chi connectivity index (χ1n) is 5.67. The second-order valence-corrected chi connectivity index (χ2v) is 5.17. The molecule has 0 spiro atoms. The van der Waals surface area contributed by atoms with Crippen molar-refractivity contribution >= 4 is 39.9 Å². The van der Waals surface area contributed by atoms with Gasteiger partial charge in [-0.3, -0.25) is 4.79 Å². The summed E-state index contributed by atoms with van der Waals surface area (Å²) >= 11 is 2.19. The molecule has 0 fully saturated rings. The molecule has 0 saturated carbocycles. The molecule has 0 aliphatic rings. The van der Waals surface area contributed by atoms with E-state index in [2.05, 4.69) is 27.9 Å². The average molecular weight is 368 g/mol. The Balaban J connectivity index is 1.88. The highest BCUT2D eigenvalue weighted by atomic mass is 127. The van der Waals surface area contributed by atoms with E-state index in [1.807, 2.05) is 24.3 Å². The van der Waals surface area contributed by atoms with Gasteiger partial charge in [0.05, 0.1) is 0 Å². The standard InChI is InChI=1S/C14H13IN2O2/c15-10-3-1-6-13(7-10)19-9-14(18)17-12-5-2-4-11(16)8-12/h1-8H,9,16H2,(H,17,18). The minimum Gasteiger partial charge on any atom is -0.484 e. The lowest BCUT2D eigenvalue weighted by Gasteiger charge is -2.08. The van der Waals surface area contributed by atoms with Crippen molar-refractivity contribution in [2.24, 2.45) is 0 Å². The molecule has 3 N–H and O–H groups in total. The number of nitrogen functional groups attached to an aromatic ring is 1. The number of amides is 1. The van der Waals surface area contributed by atoms with Gasteiger partial charge >= 0.3 is 0 Å². The van der Waals surface area contributed by atoms with E-state index in [4.69, 9.17) is 10.5 Å². The topological polar surface area (TPSA) is 64.3 Å². The predicted octanol–water partition coefficient (Wildman–Crippen LogP) is 2.89. The highest BCUT2D eigenvalue weighted by Gasteiger charge is 2.04. The number of halogens is 1. The van der Waals surface area contributed by atoms with Crippen LogP contribution in [-0.4, -0.2) is 12.5 Å². The van der Waals surface area contributed by atoms with E-state index in [9.17, 15) is 4.79 Å². The van der Waals surface area contributed by atoms with Gasteiger partial charge in [-0.25, -0.2) is 0 Å². The third kappa shape index (κ3) is 4.44. The molecule has 19 heavy (non-hydrogen) atoms. The number of nitrogens with one attached hydrogen (secondary N) is 1. The minimum atomic E-state index is -0.218. The van der Waals surface area contributed by atoms with Crippen molar-refractivity contribution in [1.82, 2.24) is 0 Å². The van der Waals surface area contributed by atoms with Gasteiger partial charge in [-0.2, -0.15) is 0 Å². The van der Waals surface area contributed by atoms with Crippen LogP contribution < -0.4 is 15.8 Å². The quantitative estimate of drug-likeness (QED) is 0.645. The largest absolute Gasteiger partial charge is 0.484 e. The van der Waals surface area contributed by atoms with E-state index in [-0.39, 0.29) is 12.5 Å². The van der Waals surface area contributed by atoms with E-state index in [0.717, 1.165) is 3.57 Å². The van der Waals surface area contributed by atoms with Crippen molar-refractivity contribution in [2.75, 3.05) is 17.7 Å². The number of carbonyl (C=O) groups excluding carboxylic acids is 1. The van der Waals surface area contributed by atoms with E-state index >= 15 is 0 Å². The Morgan fingerprint density at radius 1 is 1.21 bits per heavy atom. The third-order valence-corrected chi connectivity index (χ3v) is 3.01. The third-order valence-electron chi connectivity index (χ3n) is 2.34. The van der Waals surface area contributed by atoms with Gasteiger partial charge in [-0.1, -0.05) is 12.1 Å². The van der Waals surface area contributed by atoms with Crippen molar-refractivity contribution in [3.8, 4) is 5.75 Å². The Kier molecular flexibility index (Phi) is 4.62. The van der Waals surface area contributed by atoms with Gasteiger partial charge in [0, 0.05) is 14.9 Å². The number of anilines is 2. The van der Waals surface area contributed by atoms with Crippen LogP contribution in [0.1, 0.15) is 0 Å². The molecule has 2 rings (SSSR count). The summed E-state index contributed by atoms with van der Waals surface area (Å²) in [5.41, 5.74) is 6.90. The van der Waals surface area contributed by atoms with Crippen LogP contribution in [0.4, 0.5) is 11.4 Å². The van der Waals surface area contributed by atoms with E-state index in [1.165, 1.54) is 0 Å². The number of carbonyl (C=O) groups is 1. The smallest absolute Gasteiger partial charge is 0.262 e. The Morgan fingerprint density at radius 2 is 2.00 bits per heavy atom. The first-order valence-corrected chi connectivity index (χ1v) is 6.75. The molecular formula is C14H13IN2O2. The number of ether oxygens (including phenoxy) is 1. The van der Waals surface area contributed by atoms with Crippen molar-refractivity contribution in [3.63, 3.8) is 0 Å². The lowest BCUT2D eigenvalue weighted by molar-refractivity contribution is -0.118. The maximum absolute atomic E-state index is 11.7. The van der Waals surface area contributed by atoms with Crippen LogP contribution in [0.15, 0.2) is 48.5 Å². The van der Waals surface area contributed by atoms with E-state index in [1.54, 1.807) is 24.3 Å². The first-order chi connectivity index (χ1) is 9.13. The Bertz CT molecular complexity index is 587. The molecule has 2 aromatic carbocycles. The number of nitrogens with two attached hydrogens (primary N) is 1. The molecule has 0 bridgehead atoms. The molecule has 4 nitrogen and oxygen atoms in total. The summed E-state index contributed by atoms with van der Waals surface area (Å²) in [4.78, 5) is 11.7. The molecule has 0 heterocycles. The molecule has 1 amide bonds. The summed E-state index contributed by atoms with van der Waals surface area (Å²) in [5, 5.41) is 2.72. The fraction of sp³-hybridized carbons (Fsp3) is 0.0714. The summed E-state index contributed by atoms with van der Waals surface area (Å²) in [6, 6.07) is 14.5. The number of rotatable bonds is 4. The Hall–Kier alpha value is -1.76. The van der Waals surface area contributed by atoms with Crippen LogP contribution in [0, 0.1) is 3.57 Å². The van der Waals surface area contributed by atoms with E-state index in [0.29, 0.717) is 17.1 Å². The van der Waals surface area contributed by atoms with Crippen molar-refractivity contribution < 1.29 is 9.53 Å². The van der Waals surface area contributed by atoms with Crippen LogP contribution >= 0.6 is 22.6 Å². The van der Waals surface area contributed by atoms with Gasteiger partial charge in [-0.15, -0.1) is 0 Å². The number of benzene rings is 2. The Labute approximate surface area is 125 Å². The number of hydrogen-bond donors (Lipinski definition) is 2. The van der Waals surface area contributed by atoms with Crippen LogP contribution in [0.25, 0.3) is 0 Å². The van der Waals surface area contributed by atoms with Crippen LogP contribution in [0.2, 0.25) is 0 Å². The SMILES string of the molecule is Nc1cccc(NC(=O)COc2cccc(I)c2)c1. The zero-order valence-corrected chi connectivity index (χ0v) is 12.3. The lowest BCUT2D eigenvalue weighted by Crippen LogP contribution is -2.20. The summed E-state index contributed by atoms with van der Waals surface area (Å²) in [7, 11) is 0. The first kappa shape index (κ1) is 13.7. The number of hydrogen-bond acceptors (Lipinski definition) is 3. The second-order valence-electron chi connectivity index (χ2n) is 3.92. The predicted molar refractivity (Wildman–Crippen MR) is 84.1 cm³/mol. The van der Waals surface area contributed by atoms with Crippen molar-refractivity contribution in [3.05, 3.63) is 52.1 Å². The molecule has 0 atom stereocenters. The monoisotopic (exact) mass is 368 g/mol. The Morgan fingerprint density at radius 3 is 2.74 bits per heavy atom. The fourth-order valence-electron chi connectivity index (χ4n) is 1.52. The molecule has 0 aliphatic heterocycles. The average Bonchev–Trinajstić information content (AvgIpc) is 2.36. The molecular weight excluding hydrogens is 355 g/mol. The molecule has 2 aromatic rings. The van der Waals surface area contributed by atoms with Gasteiger partial charge in [0.1, 0.15) is 5.75 Å².